The van der Waals surface area contributed by atoms with Crippen molar-refractivity contribution in [3.05, 3.63) is 72.1 Å². The van der Waals surface area contributed by atoms with Crippen molar-refractivity contribution in [3.8, 4) is 0 Å². The summed E-state index contributed by atoms with van der Waals surface area (Å²) < 4.78 is 4.68. The van der Waals surface area contributed by atoms with Crippen LogP contribution in [0, 0.1) is 5.41 Å². The van der Waals surface area contributed by atoms with Gasteiger partial charge in [-0.2, -0.15) is 0 Å². The van der Waals surface area contributed by atoms with Gasteiger partial charge < -0.3 is 19.9 Å². The van der Waals surface area contributed by atoms with Crippen LogP contribution in [-0.4, -0.2) is 66.0 Å². The maximum atomic E-state index is 13.0. The molecule has 5 rings (SSSR count). The van der Waals surface area contributed by atoms with Gasteiger partial charge in [0.15, 0.2) is 0 Å². The summed E-state index contributed by atoms with van der Waals surface area (Å²) in [7, 11) is 1.31. The number of nitrogens with one attached hydrogen (secondary N) is 1. The van der Waals surface area contributed by atoms with E-state index >= 15 is 0 Å². The highest BCUT2D eigenvalue weighted by Gasteiger charge is 2.43. The number of hydrogen-bond acceptors (Lipinski definition) is 5. The molecule has 0 unspecified atom stereocenters. The molecule has 8 heteroatoms. The Morgan fingerprint density at radius 2 is 1.63 bits per heavy atom. The fraction of sp³-hybridized carbons (Fsp3) is 0.333. The number of rotatable bonds is 3. The van der Waals surface area contributed by atoms with Gasteiger partial charge >= 0.3 is 12.0 Å². The summed E-state index contributed by atoms with van der Waals surface area (Å²) in [6.45, 7) is 2.64. The number of aromatic nitrogens is 1. The predicted molar refractivity (Wildman–Crippen MR) is 132 cm³/mol. The van der Waals surface area contributed by atoms with Crippen molar-refractivity contribution < 1.29 is 19.1 Å². The SMILES string of the molecule is COC(=O)c1ccc(C(=O)N2CCC3(CCN(C(=O)Nc4cccc5ccccc45)CC3)C2)nc1. The van der Waals surface area contributed by atoms with E-state index in [1.807, 2.05) is 52.3 Å². The summed E-state index contributed by atoms with van der Waals surface area (Å²) in [5.74, 6) is -0.609. The number of piperidine rings is 1. The van der Waals surface area contributed by atoms with Crippen LogP contribution in [0.2, 0.25) is 0 Å². The van der Waals surface area contributed by atoms with Crippen LogP contribution in [0.25, 0.3) is 10.8 Å². The van der Waals surface area contributed by atoms with E-state index in [1.165, 1.54) is 13.3 Å². The number of nitrogens with zero attached hydrogens (tertiary/aromatic N) is 3. The van der Waals surface area contributed by atoms with Crippen LogP contribution in [0.3, 0.4) is 0 Å². The highest BCUT2D eigenvalue weighted by atomic mass is 16.5. The van der Waals surface area contributed by atoms with Gasteiger partial charge in [-0.05, 0) is 48.3 Å². The van der Waals surface area contributed by atoms with Gasteiger partial charge in [0, 0.05) is 37.8 Å². The first-order valence-corrected chi connectivity index (χ1v) is 11.9. The Morgan fingerprint density at radius 1 is 0.914 bits per heavy atom. The second-order valence-corrected chi connectivity index (χ2v) is 9.34. The zero-order chi connectivity index (χ0) is 24.4. The van der Waals surface area contributed by atoms with Crippen molar-refractivity contribution >= 4 is 34.4 Å². The fourth-order valence-corrected chi connectivity index (χ4v) is 5.15. The van der Waals surface area contributed by atoms with Crippen LogP contribution >= 0.6 is 0 Å². The monoisotopic (exact) mass is 472 g/mol. The van der Waals surface area contributed by atoms with Gasteiger partial charge in [0.2, 0.25) is 0 Å². The van der Waals surface area contributed by atoms with Crippen LogP contribution in [0.4, 0.5) is 10.5 Å². The second kappa shape index (κ2) is 9.37. The molecule has 3 aromatic rings. The number of amides is 3. The number of likely N-dealkylation sites (tertiary alicyclic amines) is 2. The van der Waals surface area contributed by atoms with E-state index in [1.54, 1.807) is 12.1 Å². The summed E-state index contributed by atoms with van der Waals surface area (Å²) in [4.78, 5) is 45.4. The smallest absolute Gasteiger partial charge is 0.339 e. The summed E-state index contributed by atoms with van der Waals surface area (Å²) >= 11 is 0. The van der Waals surface area contributed by atoms with Crippen molar-refractivity contribution in [2.24, 2.45) is 5.41 Å². The molecule has 0 aliphatic carbocycles. The van der Waals surface area contributed by atoms with Crippen LogP contribution in [-0.2, 0) is 4.74 Å². The van der Waals surface area contributed by atoms with Crippen molar-refractivity contribution in [3.63, 3.8) is 0 Å². The molecular weight excluding hydrogens is 444 g/mol. The quantitative estimate of drug-likeness (QED) is 0.578. The second-order valence-electron chi connectivity index (χ2n) is 9.34. The standard InChI is InChI=1S/C27H28N4O4/c1-35-25(33)20-9-10-23(28-17-20)24(32)31-16-13-27(18-31)11-14-30(15-12-27)26(34)29-22-8-4-6-19-5-2-3-7-21(19)22/h2-10,17H,11-16,18H2,1H3,(H,29,34). The normalized spacial score (nSPS) is 16.9. The number of hydrogen-bond donors (Lipinski definition) is 1. The van der Waals surface area contributed by atoms with E-state index in [0.29, 0.717) is 37.4 Å². The summed E-state index contributed by atoms with van der Waals surface area (Å²) in [6.07, 6.45) is 4.00. The lowest BCUT2D eigenvalue weighted by Gasteiger charge is -2.39. The van der Waals surface area contributed by atoms with E-state index in [0.717, 1.165) is 35.7 Å². The molecule has 0 saturated carbocycles. The molecule has 8 nitrogen and oxygen atoms in total. The number of fused-ring (bicyclic) bond motifs is 1. The zero-order valence-corrected chi connectivity index (χ0v) is 19.7. The molecule has 2 aliphatic rings. The molecule has 180 valence electrons. The van der Waals surface area contributed by atoms with Crippen molar-refractivity contribution in [1.82, 2.24) is 14.8 Å². The Labute approximate surface area is 203 Å². The third-order valence-electron chi connectivity index (χ3n) is 7.27. The Kier molecular flexibility index (Phi) is 6.11. The molecule has 35 heavy (non-hydrogen) atoms. The highest BCUT2D eigenvalue weighted by molar-refractivity contribution is 6.01. The summed E-state index contributed by atoms with van der Waals surface area (Å²) in [5, 5.41) is 5.19. The molecule has 3 heterocycles. The molecule has 0 radical (unpaired) electrons. The lowest BCUT2D eigenvalue weighted by Crippen LogP contribution is -2.46. The van der Waals surface area contributed by atoms with Gasteiger partial charge in [-0.25, -0.2) is 9.59 Å². The van der Waals surface area contributed by atoms with Crippen LogP contribution in [0.1, 0.15) is 40.1 Å². The van der Waals surface area contributed by atoms with E-state index in [-0.39, 0.29) is 17.4 Å². The molecule has 1 spiro atoms. The number of benzene rings is 2. The summed E-state index contributed by atoms with van der Waals surface area (Å²) in [6, 6.07) is 17.0. The first kappa shape index (κ1) is 22.8. The number of anilines is 1. The van der Waals surface area contributed by atoms with Gasteiger partial charge in [-0.1, -0.05) is 36.4 Å². The molecular formula is C27H28N4O4. The average Bonchev–Trinajstić information content (AvgIpc) is 3.31. The van der Waals surface area contributed by atoms with Crippen molar-refractivity contribution in [2.75, 3.05) is 38.6 Å². The highest BCUT2D eigenvalue weighted by Crippen LogP contribution is 2.41. The van der Waals surface area contributed by atoms with E-state index in [2.05, 4.69) is 15.0 Å². The predicted octanol–water partition coefficient (Wildman–Crippen LogP) is 4.18. The largest absolute Gasteiger partial charge is 0.465 e. The minimum atomic E-state index is -0.479. The minimum absolute atomic E-state index is 0.0256. The number of carbonyl (C=O) groups is 3. The lowest BCUT2D eigenvalue weighted by atomic mass is 9.78. The number of carbonyl (C=O) groups excluding carboxylic acids is 3. The molecule has 2 aliphatic heterocycles. The van der Waals surface area contributed by atoms with Gasteiger partial charge in [-0.3, -0.25) is 9.78 Å². The van der Waals surface area contributed by atoms with Crippen LogP contribution in [0.15, 0.2) is 60.8 Å². The third-order valence-corrected chi connectivity index (χ3v) is 7.27. The Morgan fingerprint density at radius 3 is 2.34 bits per heavy atom. The molecule has 2 saturated heterocycles. The molecule has 2 aromatic carbocycles. The molecule has 1 N–H and O–H groups in total. The van der Waals surface area contributed by atoms with Gasteiger partial charge in [0.25, 0.3) is 5.91 Å². The molecule has 2 fully saturated rings. The molecule has 3 amide bonds. The number of ether oxygens (including phenoxy) is 1. The molecule has 0 atom stereocenters. The number of urea groups is 1. The molecule has 1 aromatic heterocycles. The number of esters is 1. The van der Waals surface area contributed by atoms with E-state index in [9.17, 15) is 14.4 Å². The first-order valence-electron chi connectivity index (χ1n) is 11.9. The minimum Gasteiger partial charge on any atom is -0.465 e. The Bertz CT molecular complexity index is 1260. The topological polar surface area (TPSA) is 91.8 Å². The Hall–Kier alpha value is -3.94. The maximum absolute atomic E-state index is 13.0. The van der Waals surface area contributed by atoms with Crippen molar-refractivity contribution in [2.45, 2.75) is 19.3 Å². The zero-order valence-electron chi connectivity index (χ0n) is 19.7. The average molecular weight is 473 g/mol. The van der Waals surface area contributed by atoms with Crippen molar-refractivity contribution in [1.29, 1.82) is 0 Å². The Balaban J connectivity index is 1.18. The number of pyridine rings is 1. The van der Waals surface area contributed by atoms with E-state index in [4.69, 9.17) is 0 Å². The van der Waals surface area contributed by atoms with Gasteiger partial charge in [0.1, 0.15) is 5.69 Å². The maximum Gasteiger partial charge on any atom is 0.339 e. The fourth-order valence-electron chi connectivity index (χ4n) is 5.15. The summed E-state index contributed by atoms with van der Waals surface area (Å²) in [5.41, 5.74) is 1.48. The molecule has 0 bridgehead atoms. The first-order chi connectivity index (χ1) is 17.0. The van der Waals surface area contributed by atoms with Crippen LogP contribution < -0.4 is 5.32 Å². The number of methoxy groups -OCH3 is 1. The van der Waals surface area contributed by atoms with Crippen LogP contribution in [0.5, 0.6) is 0 Å². The third kappa shape index (κ3) is 4.56. The van der Waals surface area contributed by atoms with E-state index < -0.39 is 5.97 Å². The lowest BCUT2D eigenvalue weighted by molar-refractivity contribution is 0.0599. The van der Waals surface area contributed by atoms with Gasteiger partial charge in [0.05, 0.1) is 18.4 Å². The van der Waals surface area contributed by atoms with Gasteiger partial charge in [-0.15, -0.1) is 0 Å².